The molecular weight excluding hydrogens is 502 g/mol. The minimum Gasteiger partial charge on any atom is -0.493 e. The second-order valence-electron chi connectivity index (χ2n) is 8.03. The number of halogens is 1. The Morgan fingerprint density at radius 2 is 1.97 bits per heavy atom. The second kappa shape index (κ2) is 11.1. The predicted molar refractivity (Wildman–Crippen MR) is 141 cm³/mol. The second-order valence-corrected chi connectivity index (χ2v) is 9.34. The lowest BCUT2D eigenvalue weighted by Gasteiger charge is -2.33. The van der Waals surface area contributed by atoms with E-state index < -0.39 is 12.0 Å². The van der Waals surface area contributed by atoms with E-state index in [1.807, 2.05) is 35.6 Å². The van der Waals surface area contributed by atoms with E-state index in [9.17, 15) is 9.59 Å². The highest BCUT2D eigenvalue weighted by atomic mass is 35.5. The molecular formula is C26H26ClN3O5S. The quantitative estimate of drug-likeness (QED) is 0.457. The molecule has 36 heavy (non-hydrogen) atoms. The number of nitrogens with one attached hydrogen (secondary N) is 1. The summed E-state index contributed by atoms with van der Waals surface area (Å²) >= 11 is 7.52. The average molecular weight is 528 g/mol. The van der Waals surface area contributed by atoms with Crippen LogP contribution in [-0.2, 0) is 14.3 Å². The van der Waals surface area contributed by atoms with E-state index in [-0.39, 0.29) is 19.1 Å². The van der Waals surface area contributed by atoms with E-state index in [1.54, 1.807) is 38.1 Å². The van der Waals surface area contributed by atoms with Crippen molar-refractivity contribution in [3.05, 3.63) is 75.4 Å². The molecule has 0 unspecified atom stereocenters. The molecule has 0 spiro atoms. The summed E-state index contributed by atoms with van der Waals surface area (Å²) in [7, 11) is 1.52. The van der Waals surface area contributed by atoms with Crippen molar-refractivity contribution < 1.29 is 23.8 Å². The molecule has 1 atom stereocenters. The summed E-state index contributed by atoms with van der Waals surface area (Å²) in [6, 6.07) is 10.2. The van der Waals surface area contributed by atoms with Crippen molar-refractivity contribution in [2.24, 2.45) is 4.99 Å². The lowest BCUT2D eigenvalue weighted by atomic mass is 9.94. The molecule has 4 rings (SSSR count). The maximum atomic E-state index is 12.9. The summed E-state index contributed by atoms with van der Waals surface area (Å²) in [6.45, 7) is 5.49. The summed E-state index contributed by atoms with van der Waals surface area (Å²) < 4.78 is 16.7. The number of nitrogens with zero attached hydrogens (tertiary/aromatic N) is 2. The van der Waals surface area contributed by atoms with Gasteiger partial charge in [0.05, 0.1) is 31.0 Å². The first-order valence-corrected chi connectivity index (χ1v) is 12.5. The molecule has 0 saturated carbocycles. The SMILES string of the molecule is CCOC(=O)C1=C(C)N=C2SC=CN2[C@@H]1c1ccc(OCC(=O)Nc2cc(Cl)ccc2C)c(OC)c1. The van der Waals surface area contributed by atoms with Gasteiger partial charge in [-0.05, 0) is 61.6 Å². The molecule has 0 aromatic heterocycles. The molecule has 2 aromatic rings. The fraction of sp³-hybridized carbons (Fsp3) is 0.269. The van der Waals surface area contributed by atoms with E-state index in [4.69, 9.17) is 25.8 Å². The summed E-state index contributed by atoms with van der Waals surface area (Å²) in [4.78, 5) is 31.9. The number of hydrogen-bond acceptors (Lipinski definition) is 8. The van der Waals surface area contributed by atoms with Gasteiger partial charge in [-0.15, -0.1) is 0 Å². The Balaban J connectivity index is 1.56. The van der Waals surface area contributed by atoms with E-state index in [1.165, 1.54) is 18.9 Å². The number of allylic oxidation sites excluding steroid dienone is 1. The van der Waals surface area contributed by atoms with Crippen molar-refractivity contribution in [1.29, 1.82) is 0 Å². The van der Waals surface area contributed by atoms with Crippen LogP contribution < -0.4 is 14.8 Å². The largest absolute Gasteiger partial charge is 0.493 e. The highest BCUT2D eigenvalue weighted by molar-refractivity contribution is 8.16. The monoisotopic (exact) mass is 527 g/mol. The number of aliphatic imine (C=N–C) groups is 1. The predicted octanol–water partition coefficient (Wildman–Crippen LogP) is 5.44. The van der Waals surface area contributed by atoms with Gasteiger partial charge >= 0.3 is 5.97 Å². The number of aryl methyl sites for hydroxylation is 1. The van der Waals surface area contributed by atoms with Crippen LogP contribution in [0.4, 0.5) is 5.69 Å². The molecule has 0 aliphatic carbocycles. The van der Waals surface area contributed by atoms with Crippen LogP contribution in [0, 0.1) is 6.92 Å². The van der Waals surface area contributed by atoms with E-state index in [2.05, 4.69) is 10.3 Å². The number of amidine groups is 1. The number of anilines is 1. The number of methoxy groups -OCH3 is 1. The van der Waals surface area contributed by atoms with Crippen molar-refractivity contribution >= 4 is 46.1 Å². The molecule has 8 nitrogen and oxygen atoms in total. The molecule has 1 N–H and O–H groups in total. The number of rotatable bonds is 8. The molecule has 2 aliphatic rings. The van der Waals surface area contributed by atoms with Gasteiger partial charge in [-0.1, -0.05) is 35.5 Å². The summed E-state index contributed by atoms with van der Waals surface area (Å²) in [5.41, 5.74) is 3.37. The Kier molecular flexibility index (Phi) is 7.91. The minimum atomic E-state index is -0.445. The zero-order valence-corrected chi connectivity index (χ0v) is 21.9. The fourth-order valence-corrected chi connectivity index (χ4v) is 4.89. The molecule has 1 amide bonds. The van der Waals surface area contributed by atoms with Crippen LogP contribution in [0.3, 0.4) is 0 Å². The smallest absolute Gasteiger partial charge is 0.338 e. The number of hydrogen-bond donors (Lipinski definition) is 1. The van der Waals surface area contributed by atoms with Crippen molar-refractivity contribution in [3.8, 4) is 11.5 Å². The normalized spacial score (nSPS) is 16.4. The Labute approximate surface area is 219 Å². The zero-order valence-electron chi connectivity index (χ0n) is 20.3. The molecule has 2 aromatic carbocycles. The number of fused-ring (bicyclic) bond motifs is 1. The number of carbonyl (C=O) groups is 2. The fourth-order valence-electron chi connectivity index (χ4n) is 3.93. The van der Waals surface area contributed by atoms with Gasteiger partial charge < -0.3 is 24.4 Å². The number of carbonyl (C=O) groups excluding carboxylic acids is 2. The first-order chi connectivity index (χ1) is 17.3. The minimum absolute atomic E-state index is 0.222. The third-order valence-electron chi connectivity index (χ3n) is 5.65. The number of ether oxygens (including phenoxy) is 3. The van der Waals surface area contributed by atoms with Crippen LogP contribution in [0.1, 0.15) is 31.0 Å². The van der Waals surface area contributed by atoms with Gasteiger partial charge in [-0.2, -0.15) is 0 Å². The molecule has 0 bridgehead atoms. The van der Waals surface area contributed by atoms with Gasteiger partial charge in [0.15, 0.2) is 23.3 Å². The van der Waals surface area contributed by atoms with Gasteiger partial charge in [0.2, 0.25) is 0 Å². The number of amides is 1. The Bertz CT molecular complexity index is 1290. The van der Waals surface area contributed by atoms with Crippen LogP contribution in [0.25, 0.3) is 0 Å². The van der Waals surface area contributed by atoms with Crippen LogP contribution in [-0.4, -0.2) is 42.3 Å². The summed E-state index contributed by atoms with van der Waals surface area (Å²) in [5.74, 6) is 0.0796. The number of thioether (sulfide) groups is 1. The van der Waals surface area contributed by atoms with Gasteiger partial charge in [0, 0.05) is 16.9 Å². The summed E-state index contributed by atoms with van der Waals surface area (Å²) in [6.07, 6.45) is 1.89. The summed E-state index contributed by atoms with van der Waals surface area (Å²) in [5, 5.41) is 6.03. The van der Waals surface area contributed by atoms with Crippen molar-refractivity contribution in [2.75, 3.05) is 25.6 Å². The molecule has 2 aliphatic heterocycles. The molecule has 0 fully saturated rings. The Morgan fingerprint density at radius 3 is 2.72 bits per heavy atom. The lowest BCUT2D eigenvalue weighted by molar-refractivity contribution is -0.139. The Morgan fingerprint density at radius 1 is 1.17 bits per heavy atom. The highest BCUT2D eigenvalue weighted by Gasteiger charge is 2.37. The highest BCUT2D eigenvalue weighted by Crippen LogP contribution is 2.43. The average Bonchev–Trinajstić information content (AvgIpc) is 3.32. The third kappa shape index (κ3) is 5.37. The van der Waals surface area contributed by atoms with Gasteiger partial charge in [-0.3, -0.25) is 4.79 Å². The van der Waals surface area contributed by atoms with Crippen molar-refractivity contribution in [1.82, 2.24) is 4.90 Å². The molecule has 10 heteroatoms. The van der Waals surface area contributed by atoms with E-state index in [0.29, 0.717) is 33.5 Å². The first kappa shape index (κ1) is 25.7. The number of esters is 1. The van der Waals surface area contributed by atoms with Crippen LogP contribution in [0.5, 0.6) is 11.5 Å². The van der Waals surface area contributed by atoms with Crippen LogP contribution >= 0.6 is 23.4 Å². The molecule has 0 saturated heterocycles. The van der Waals surface area contributed by atoms with E-state index in [0.717, 1.165) is 16.3 Å². The third-order valence-corrected chi connectivity index (χ3v) is 6.66. The van der Waals surface area contributed by atoms with Gasteiger partial charge in [0.25, 0.3) is 5.91 Å². The van der Waals surface area contributed by atoms with Gasteiger partial charge in [-0.25, -0.2) is 9.79 Å². The maximum Gasteiger partial charge on any atom is 0.338 e. The van der Waals surface area contributed by atoms with Crippen LogP contribution in [0.2, 0.25) is 5.02 Å². The lowest BCUT2D eigenvalue weighted by Crippen LogP contribution is -2.34. The Hall–Kier alpha value is -3.43. The molecule has 2 heterocycles. The molecule has 188 valence electrons. The van der Waals surface area contributed by atoms with E-state index >= 15 is 0 Å². The first-order valence-electron chi connectivity index (χ1n) is 11.3. The van der Waals surface area contributed by atoms with Crippen LogP contribution in [0.15, 0.2) is 64.3 Å². The maximum absolute atomic E-state index is 12.9. The topological polar surface area (TPSA) is 89.5 Å². The van der Waals surface area contributed by atoms with Crippen molar-refractivity contribution in [2.45, 2.75) is 26.8 Å². The van der Waals surface area contributed by atoms with Crippen molar-refractivity contribution in [3.63, 3.8) is 0 Å². The molecule has 0 radical (unpaired) electrons. The zero-order chi connectivity index (χ0) is 25.8. The van der Waals surface area contributed by atoms with Gasteiger partial charge in [0.1, 0.15) is 0 Å². The number of benzene rings is 2. The standard InChI is InChI=1S/C26H26ClN3O5S/c1-5-34-25(32)23-16(3)28-26-30(10-11-36-26)24(23)17-7-9-20(21(12-17)33-4)35-14-22(31)29-19-13-18(27)8-6-15(19)2/h6-13,24H,5,14H2,1-4H3,(H,29,31)/t24-/m1/s1.